The largest absolute Gasteiger partial charge is 0.399 e. The van der Waals surface area contributed by atoms with E-state index in [9.17, 15) is 4.39 Å². The summed E-state index contributed by atoms with van der Waals surface area (Å²) in [6.07, 6.45) is 0. The highest BCUT2D eigenvalue weighted by atomic mass is 31.0. The van der Waals surface area contributed by atoms with E-state index in [-0.39, 0.29) is 0 Å². The van der Waals surface area contributed by atoms with E-state index in [1.807, 2.05) is 34.6 Å². The fraction of sp³-hybridized carbons (Fsp3) is 0.500. The summed E-state index contributed by atoms with van der Waals surface area (Å²) >= 11 is 0. The maximum absolute atomic E-state index is 12.8. The van der Waals surface area contributed by atoms with Crippen LogP contribution in [0, 0.1) is 6.92 Å². The number of halogens is 1. The highest BCUT2D eigenvalue weighted by Gasteiger charge is 2.06. The number of alkyl halides is 1. The Kier molecular flexibility index (Phi) is 11.1. The third-order valence-electron chi connectivity index (χ3n) is 1.71. The number of nitrogen functional groups attached to an aromatic ring is 1. The lowest BCUT2D eigenvalue weighted by molar-refractivity contribution is 0.467. The van der Waals surface area contributed by atoms with Gasteiger partial charge in [0, 0.05) is 5.69 Å². The van der Waals surface area contributed by atoms with Crippen LogP contribution < -0.4 is 5.73 Å². The van der Waals surface area contributed by atoms with E-state index in [4.69, 9.17) is 5.73 Å². The summed E-state index contributed by atoms with van der Waals surface area (Å²) in [7, 11) is 2.11. The van der Waals surface area contributed by atoms with E-state index in [1.54, 1.807) is 18.2 Å². The summed E-state index contributed by atoms with van der Waals surface area (Å²) in [5.41, 5.74) is 7.71. The molecule has 15 heavy (non-hydrogen) atoms. The van der Waals surface area contributed by atoms with Crippen molar-refractivity contribution in [3.63, 3.8) is 0 Å². The van der Waals surface area contributed by atoms with Gasteiger partial charge in [-0.05, 0) is 24.1 Å². The van der Waals surface area contributed by atoms with Crippen LogP contribution in [0.2, 0.25) is 0 Å². The van der Waals surface area contributed by atoms with Crippen LogP contribution in [0.1, 0.15) is 44.7 Å². The van der Waals surface area contributed by atoms with Crippen molar-refractivity contribution in [1.82, 2.24) is 0 Å². The SMILES string of the molecule is CC.CC.Cc1c(N)cccc1C(F)P. The Balaban J connectivity index is 0. The second-order valence-electron chi connectivity index (χ2n) is 2.46. The Hall–Kier alpha value is -0.620. The van der Waals surface area contributed by atoms with E-state index in [0.29, 0.717) is 11.3 Å². The Labute approximate surface area is 95.5 Å². The zero-order valence-corrected chi connectivity index (χ0v) is 11.5. The highest BCUT2D eigenvalue weighted by Crippen LogP contribution is 2.29. The molecule has 1 aromatic rings. The van der Waals surface area contributed by atoms with Crippen LogP contribution in [0.4, 0.5) is 10.1 Å². The fourth-order valence-electron chi connectivity index (χ4n) is 0.971. The molecule has 2 unspecified atom stereocenters. The van der Waals surface area contributed by atoms with Crippen LogP contribution >= 0.6 is 9.24 Å². The van der Waals surface area contributed by atoms with E-state index in [2.05, 4.69) is 9.24 Å². The average molecular weight is 231 g/mol. The van der Waals surface area contributed by atoms with Crippen molar-refractivity contribution in [2.24, 2.45) is 0 Å². The third-order valence-corrected chi connectivity index (χ3v) is 2.07. The van der Waals surface area contributed by atoms with Crippen LogP contribution in [0.5, 0.6) is 0 Å². The second-order valence-corrected chi connectivity index (χ2v) is 3.05. The van der Waals surface area contributed by atoms with Crippen LogP contribution in [0.15, 0.2) is 18.2 Å². The predicted octanol–water partition coefficient (Wildman–Crippen LogP) is 4.47. The van der Waals surface area contributed by atoms with Gasteiger partial charge in [0.25, 0.3) is 0 Å². The zero-order valence-electron chi connectivity index (χ0n) is 10.3. The molecule has 1 nitrogen and oxygen atoms in total. The quantitative estimate of drug-likeness (QED) is 0.560. The van der Waals surface area contributed by atoms with Crippen LogP contribution in [0.3, 0.4) is 0 Å². The van der Waals surface area contributed by atoms with Crippen molar-refractivity contribution in [1.29, 1.82) is 0 Å². The van der Waals surface area contributed by atoms with Gasteiger partial charge in [-0.2, -0.15) is 0 Å². The molecule has 0 amide bonds. The first-order valence-corrected chi connectivity index (χ1v) is 6.04. The molecule has 2 N–H and O–H groups in total. The van der Waals surface area contributed by atoms with Gasteiger partial charge in [-0.15, -0.1) is 0 Å². The first kappa shape index (κ1) is 16.8. The topological polar surface area (TPSA) is 26.0 Å². The lowest BCUT2D eigenvalue weighted by atomic mass is 10.1. The molecular formula is C12H23FNP. The lowest BCUT2D eigenvalue weighted by Gasteiger charge is -2.07. The summed E-state index contributed by atoms with van der Waals surface area (Å²) < 4.78 is 12.8. The van der Waals surface area contributed by atoms with Crippen molar-refractivity contribution in [3.05, 3.63) is 29.3 Å². The van der Waals surface area contributed by atoms with Crippen molar-refractivity contribution < 1.29 is 4.39 Å². The molecule has 1 aromatic carbocycles. The van der Waals surface area contributed by atoms with Crippen molar-refractivity contribution in [2.75, 3.05) is 5.73 Å². The minimum atomic E-state index is -1.02. The first-order chi connectivity index (χ1) is 7.13. The summed E-state index contributed by atoms with van der Waals surface area (Å²) in [6.45, 7) is 9.82. The molecule has 0 aliphatic rings. The Morgan fingerprint density at radius 3 is 2.00 bits per heavy atom. The third kappa shape index (κ3) is 5.74. The molecule has 2 atom stereocenters. The Bertz CT molecular complexity index is 262. The predicted molar refractivity (Wildman–Crippen MR) is 71.8 cm³/mol. The monoisotopic (exact) mass is 231 g/mol. The summed E-state index contributed by atoms with van der Waals surface area (Å²) in [4.78, 5) is 0. The Morgan fingerprint density at radius 2 is 1.67 bits per heavy atom. The number of hydrogen-bond acceptors (Lipinski definition) is 1. The van der Waals surface area contributed by atoms with Gasteiger partial charge in [0.2, 0.25) is 0 Å². The molecule has 1 rings (SSSR count). The van der Waals surface area contributed by atoms with Gasteiger partial charge in [-0.25, -0.2) is 4.39 Å². The molecule has 0 heterocycles. The summed E-state index contributed by atoms with van der Waals surface area (Å²) in [5.74, 6) is -1.02. The minimum absolute atomic E-state index is 0.646. The summed E-state index contributed by atoms with van der Waals surface area (Å²) in [5, 5.41) is 0. The number of nitrogens with two attached hydrogens (primary N) is 1. The van der Waals surface area contributed by atoms with Crippen LogP contribution in [-0.2, 0) is 0 Å². The fourth-order valence-corrected chi connectivity index (χ4v) is 1.33. The normalized spacial score (nSPS) is 10.3. The van der Waals surface area contributed by atoms with E-state index in [1.165, 1.54) is 0 Å². The number of hydrogen-bond donors (Lipinski definition) is 1. The molecule has 0 saturated heterocycles. The Morgan fingerprint density at radius 1 is 1.20 bits per heavy atom. The number of benzene rings is 1. The molecule has 0 saturated carbocycles. The van der Waals surface area contributed by atoms with Crippen molar-refractivity contribution in [3.8, 4) is 0 Å². The molecule has 0 bridgehead atoms. The maximum atomic E-state index is 12.8. The van der Waals surface area contributed by atoms with Gasteiger partial charge in [0.1, 0.15) is 5.91 Å². The van der Waals surface area contributed by atoms with Gasteiger partial charge >= 0.3 is 0 Å². The molecule has 0 aromatic heterocycles. The molecule has 0 aliphatic carbocycles. The van der Waals surface area contributed by atoms with E-state index < -0.39 is 5.91 Å². The number of anilines is 1. The average Bonchev–Trinajstić information content (AvgIpc) is 2.27. The molecule has 88 valence electrons. The van der Waals surface area contributed by atoms with Gasteiger partial charge in [-0.3, -0.25) is 0 Å². The molecule has 0 fully saturated rings. The second kappa shape index (κ2) is 9.92. The van der Waals surface area contributed by atoms with Crippen LogP contribution in [0.25, 0.3) is 0 Å². The van der Waals surface area contributed by atoms with Gasteiger partial charge in [-0.1, -0.05) is 49.1 Å². The van der Waals surface area contributed by atoms with E-state index >= 15 is 0 Å². The van der Waals surface area contributed by atoms with Crippen molar-refractivity contribution in [2.45, 2.75) is 40.5 Å². The highest BCUT2D eigenvalue weighted by molar-refractivity contribution is 7.16. The molecule has 0 aliphatic heterocycles. The van der Waals surface area contributed by atoms with Gasteiger partial charge in [0.05, 0.1) is 0 Å². The molecule has 3 heteroatoms. The molecular weight excluding hydrogens is 208 g/mol. The zero-order chi connectivity index (χ0) is 12.4. The molecule has 0 radical (unpaired) electrons. The first-order valence-electron chi connectivity index (χ1n) is 5.37. The van der Waals surface area contributed by atoms with Crippen LogP contribution in [-0.4, -0.2) is 0 Å². The van der Waals surface area contributed by atoms with Gasteiger partial charge < -0.3 is 5.73 Å². The van der Waals surface area contributed by atoms with Crippen molar-refractivity contribution >= 4 is 14.9 Å². The molecule has 0 spiro atoms. The summed E-state index contributed by atoms with van der Waals surface area (Å²) in [6, 6.07) is 5.27. The maximum Gasteiger partial charge on any atom is 0.138 e. The van der Waals surface area contributed by atoms with E-state index in [0.717, 1.165) is 5.56 Å². The van der Waals surface area contributed by atoms with Gasteiger partial charge in [0.15, 0.2) is 0 Å². The number of rotatable bonds is 1. The minimum Gasteiger partial charge on any atom is -0.399 e. The lowest BCUT2D eigenvalue weighted by Crippen LogP contribution is -1.94. The smallest absolute Gasteiger partial charge is 0.138 e. The standard InChI is InChI=1S/C8H11FNP.2C2H6/c1-5-6(8(9)11)3-2-4-7(5)10;2*1-2/h2-4,8H,10-11H2,1H3;2*1-2H3.